The summed E-state index contributed by atoms with van der Waals surface area (Å²) in [6.45, 7) is 5.95. The standard InChI is InChI=1S/C15H18FN3/c1-10(8-13-4-6-14(16)7-5-13)18-15-9-17-11(2)12(3)19-15/h4-7,9-10H,8H2,1-3H3,(H,18,19). The Morgan fingerprint density at radius 1 is 1.16 bits per heavy atom. The van der Waals surface area contributed by atoms with Crippen molar-refractivity contribution in [2.75, 3.05) is 5.32 Å². The molecular formula is C15H18FN3. The molecule has 0 saturated heterocycles. The Morgan fingerprint density at radius 3 is 2.47 bits per heavy atom. The number of hydrogen-bond acceptors (Lipinski definition) is 3. The van der Waals surface area contributed by atoms with Crippen LogP contribution in [0.15, 0.2) is 30.5 Å². The highest BCUT2D eigenvalue weighted by molar-refractivity contribution is 5.35. The molecular weight excluding hydrogens is 241 g/mol. The van der Waals surface area contributed by atoms with Crippen LogP contribution in [0.4, 0.5) is 10.2 Å². The molecule has 0 radical (unpaired) electrons. The highest BCUT2D eigenvalue weighted by atomic mass is 19.1. The second-order valence-corrected chi connectivity index (χ2v) is 4.80. The van der Waals surface area contributed by atoms with Crippen LogP contribution in [0.25, 0.3) is 0 Å². The first kappa shape index (κ1) is 13.5. The van der Waals surface area contributed by atoms with Gasteiger partial charge in [-0.15, -0.1) is 0 Å². The average molecular weight is 259 g/mol. The fourth-order valence-electron chi connectivity index (χ4n) is 1.89. The molecule has 0 amide bonds. The van der Waals surface area contributed by atoms with Gasteiger partial charge in [-0.1, -0.05) is 12.1 Å². The molecule has 1 N–H and O–H groups in total. The van der Waals surface area contributed by atoms with Crippen molar-refractivity contribution in [3.63, 3.8) is 0 Å². The molecule has 1 heterocycles. The fraction of sp³-hybridized carbons (Fsp3) is 0.333. The number of halogens is 1. The lowest BCUT2D eigenvalue weighted by Gasteiger charge is -2.15. The quantitative estimate of drug-likeness (QED) is 0.915. The Morgan fingerprint density at radius 2 is 1.84 bits per heavy atom. The number of aromatic nitrogens is 2. The molecule has 1 unspecified atom stereocenters. The Balaban J connectivity index is 1.98. The molecule has 4 heteroatoms. The lowest BCUT2D eigenvalue weighted by atomic mass is 10.1. The summed E-state index contributed by atoms with van der Waals surface area (Å²) in [6.07, 6.45) is 2.55. The normalized spacial score (nSPS) is 12.2. The predicted octanol–water partition coefficient (Wildman–Crippen LogP) is 3.28. The Labute approximate surface area is 112 Å². The van der Waals surface area contributed by atoms with Crippen LogP contribution < -0.4 is 5.32 Å². The van der Waals surface area contributed by atoms with Gasteiger partial charge in [-0.2, -0.15) is 0 Å². The van der Waals surface area contributed by atoms with Gasteiger partial charge in [0, 0.05) is 6.04 Å². The number of nitrogens with one attached hydrogen (secondary N) is 1. The second kappa shape index (κ2) is 5.78. The first-order valence-corrected chi connectivity index (χ1v) is 6.36. The van der Waals surface area contributed by atoms with Gasteiger partial charge in [-0.3, -0.25) is 4.98 Å². The minimum absolute atomic E-state index is 0.204. The number of anilines is 1. The van der Waals surface area contributed by atoms with Crippen LogP contribution in [0.1, 0.15) is 23.9 Å². The Bertz CT molecular complexity index is 552. The van der Waals surface area contributed by atoms with E-state index in [1.807, 2.05) is 13.8 Å². The second-order valence-electron chi connectivity index (χ2n) is 4.80. The SMILES string of the molecule is Cc1ncc(NC(C)Cc2ccc(F)cc2)nc1C. The average Bonchev–Trinajstić information content (AvgIpc) is 2.37. The van der Waals surface area contributed by atoms with E-state index in [0.29, 0.717) is 0 Å². The van der Waals surface area contributed by atoms with Crippen LogP contribution in [0.2, 0.25) is 0 Å². The smallest absolute Gasteiger partial charge is 0.145 e. The van der Waals surface area contributed by atoms with Crippen molar-refractivity contribution in [3.8, 4) is 0 Å². The molecule has 19 heavy (non-hydrogen) atoms. The highest BCUT2D eigenvalue weighted by Gasteiger charge is 2.06. The topological polar surface area (TPSA) is 37.8 Å². The number of rotatable bonds is 4. The van der Waals surface area contributed by atoms with E-state index in [9.17, 15) is 4.39 Å². The molecule has 0 spiro atoms. The van der Waals surface area contributed by atoms with E-state index < -0.39 is 0 Å². The number of hydrogen-bond donors (Lipinski definition) is 1. The van der Waals surface area contributed by atoms with Crippen molar-refractivity contribution < 1.29 is 4.39 Å². The zero-order chi connectivity index (χ0) is 13.8. The first-order valence-electron chi connectivity index (χ1n) is 6.36. The van der Waals surface area contributed by atoms with Gasteiger partial charge in [0.15, 0.2) is 0 Å². The maximum atomic E-state index is 12.8. The van der Waals surface area contributed by atoms with Crippen molar-refractivity contribution in [2.45, 2.75) is 33.2 Å². The molecule has 0 aliphatic carbocycles. The summed E-state index contributed by atoms with van der Waals surface area (Å²) in [5.41, 5.74) is 2.97. The van der Waals surface area contributed by atoms with E-state index in [0.717, 1.165) is 29.2 Å². The third-order valence-corrected chi connectivity index (χ3v) is 3.04. The van der Waals surface area contributed by atoms with Crippen molar-refractivity contribution in [3.05, 3.63) is 53.2 Å². The minimum Gasteiger partial charge on any atom is -0.366 e. The summed E-state index contributed by atoms with van der Waals surface area (Å²) in [4.78, 5) is 8.71. The monoisotopic (exact) mass is 259 g/mol. The molecule has 3 nitrogen and oxygen atoms in total. The van der Waals surface area contributed by atoms with Crippen molar-refractivity contribution >= 4 is 5.82 Å². The summed E-state index contributed by atoms with van der Waals surface area (Å²) in [5, 5.41) is 3.31. The van der Waals surface area contributed by atoms with Crippen LogP contribution in [-0.4, -0.2) is 16.0 Å². The van der Waals surface area contributed by atoms with Crippen LogP contribution in [0, 0.1) is 19.7 Å². The molecule has 1 atom stereocenters. The lowest BCUT2D eigenvalue weighted by molar-refractivity contribution is 0.626. The van der Waals surface area contributed by atoms with Crippen LogP contribution in [-0.2, 0) is 6.42 Å². The summed E-state index contributed by atoms with van der Waals surface area (Å²) in [5.74, 6) is 0.571. The van der Waals surface area contributed by atoms with Crippen molar-refractivity contribution in [1.82, 2.24) is 9.97 Å². The molecule has 1 aromatic carbocycles. The molecule has 2 rings (SSSR count). The van der Waals surface area contributed by atoms with E-state index in [1.165, 1.54) is 12.1 Å². The van der Waals surface area contributed by atoms with Gasteiger partial charge < -0.3 is 5.32 Å². The molecule has 2 aromatic rings. The predicted molar refractivity (Wildman–Crippen MR) is 74.7 cm³/mol. The number of benzene rings is 1. The summed E-state index contributed by atoms with van der Waals surface area (Å²) >= 11 is 0. The fourth-order valence-corrected chi connectivity index (χ4v) is 1.89. The van der Waals surface area contributed by atoms with Gasteiger partial charge in [0.25, 0.3) is 0 Å². The summed E-state index contributed by atoms with van der Waals surface area (Å²) in [6, 6.07) is 6.79. The number of nitrogens with zero attached hydrogens (tertiary/aromatic N) is 2. The third-order valence-electron chi connectivity index (χ3n) is 3.04. The van der Waals surface area contributed by atoms with Gasteiger partial charge in [0.1, 0.15) is 11.6 Å². The molecule has 100 valence electrons. The van der Waals surface area contributed by atoms with Gasteiger partial charge in [0.05, 0.1) is 17.6 Å². The van der Waals surface area contributed by atoms with Crippen molar-refractivity contribution in [1.29, 1.82) is 0 Å². The zero-order valence-electron chi connectivity index (χ0n) is 11.4. The molecule has 0 bridgehead atoms. The van der Waals surface area contributed by atoms with E-state index in [4.69, 9.17) is 0 Å². The van der Waals surface area contributed by atoms with E-state index in [2.05, 4.69) is 22.2 Å². The van der Waals surface area contributed by atoms with Crippen LogP contribution in [0.5, 0.6) is 0 Å². The Kier molecular flexibility index (Phi) is 4.10. The van der Waals surface area contributed by atoms with Crippen LogP contribution >= 0.6 is 0 Å². The first-order chi connectivity index (χ1) is 9.04. The summed E-state index contributed by atoms with van der Waals surface area (Å²) < 4.78 is 12.8. The maximum absolute atomic E-state index is 12.8. The molecule has 0 aliphatic heterocycles. The van der Waals surface area contributed by atoms with Gasteiger partial charge >= 0.3 is 0 Å². The van der Waals surface area contributed by atoms with Gasteiger partial charge in [-0.05, 0) is 44.9 Å². The third kappa shape index (κ3) is 3.74. The van der Waals surface area contributed by atoms with Crippen molar-refractivity contribution in [2.24, 2.45) is 0 Å². The van der Waals surface area contributed by atoms with Gasteiger partial charge in [-0.25, -0.2) is 9.37 Å². The Hall–Kier alpha value is -1.97. The molecule has 1 aromatic heterocycles. The lowest BCUT2D eigenvalue weighted by Crippen LogP contribution is -2.19. The van der Waals surface area contributed by atoms with E-state index >= 15 is 0 Å². The van der Waals surface area contributed by atoms with E-state index in [-0.39, 0.29) is 11.9 Å². The highest BCUT2D eigenvalue weighted by Crippen LogP contribution is 2.11. The minimum atomic E-state index is -0.204. The molecule has 0 saturated carbocycles. The maximum Gasteiger partial charge on any atom is 0.145 e. The largest absolute Gasteiger partial charge is 0.366 e. The van der Waals surface area contributed by atoms with E-state index in [1.54, 1.807) is 18.3 Å². The van der Waals surface area contributed by atoms with Gasteiger partial charge in [0.2, 0.25) is 0 Å². The van der Waals surface area contributed by atoms with Crippen LogP contribution in [0.3, 0.4) is 0 Å². The zero-order valence-corrected chi connectivity index (χ0v) is 11.4. The molecule has 0 aliphatic rings. The number of aryl methyl sites for hydroxylation is 2. The molecule has 0 fully saturated rings. The summed E-state index contributed by atoms with van der Waals surface area (Å²) in [7, 11) is 0.